The number of pyridine rings is 2. The average molecular weight is 379 g/mol. The zero-order valence-electron chi connectivity index (χ0n) is 15.9. The topological polar surface area (TPSA) is 92.4 Å². The van der Waals surface area contributed by atoms with Crippen LogP contribution in [0.15, 0.2) is 42.7 Å². The molecule has 2 aliphatic rings. The molecule has 0 aliphatic carbocycles. The number of rotatable bonds is 3. The van der Waals surface area contributed by atoms with Gasteiger partial charge in [0.1, 0.15) is 5.82 Å². The van der Waals surface area contributed by atoms with E-state index in [0.717, 1.165) is 31.5 Å². The monoisotopic (exact) mass is 379 g/mol. The minimum atomic E-state index is -0.0438. The summed E-state index contributed by atoms with van der Waals surface area (Å²) in [6.07, 6.45) is 6.62. The number of hydrogen-bond acceptors (Lipinski definition) is 5. The maximum absolute atomic E-state index is 12.9. The summed E-state index contributed by atoms with van der Waals surface area (Å²) in [6.45, 7) is 2.60. The number of piperidine rings is 2. The van der Waals surface area contributed by atoms with E-state index in [4.69, 9.17) is 5.73 Å². The highest BCUT2D eigenvalue weighted by Crippen LogP contribution is 2.39. The fraction of sp³-hybridized carbons (Fsp3) is 0.429. The lowest BCUT2D eigenvalue weighted by Gasteiger charge is -2.48. The van der Waals surface area contributed by atoms with E-state index in [1.54, 1.807) is 18.3 Å². The van der Waals surface area contributed by atoms with Crippen molar-refractivity contribution >= 4 is 17.6 Å². The van der Waals surface area contributed by atoms with Gasteiger partial charge in [0.25, 0.3) is 5.91 Å². The summed E-state index contributed by atoms with van der Waals surface area (Å²) in [5.41, 5.74) is 7.04. The molecule has 2 aromatic rings. The molecule has 2 saturated heterocycles. The molecule has 28 heavy (non-hydrogen) atoms. The summed E-state index contributed by atoms with van der Waals surface area (Å²) in [5, 5.41) is 0. The van der Waals surface area contributed by atoms with Gasteiger partial charge in [0.15, 0.2) is 0 Å². The highest BCUT2D eigenvalue weighted by atomic mass is 16.2. The number of nitrogen functional groups attached to an aromatic ring is 1. The van der Waals surface area contributed by atoms with Crippen molar-refractivity contribution in [3.05, 3.63) is 54.0 Å². The molecule has 2 fully saturated rings. The molecular weight excluding hydrogens is 354 g/mol. The van der Waals surface area contributed by atoms with E-state index in [1.165, 1.54) is 6.20 Å². The predicted molar refractivity (Wildman–Crippen MR) is 105 cm³/mol. The van der Waals surface area contributed by atoms with Crippen molar-refractivity contribution in [3.63, 3.8) is 0 Å². The molecular formula is C21H25N5O2. The van der Waals surface area contributed by atoms with Crippen LogP contribution in [0.5, 0.6) is 0 Å². The fourth-order valence-corrected chi connectivity index (χ4v) is 4.36. The molecule has 2 aliphatic heterocycles. The van der Waals surface area contributed by atoms with Crippen LogP contribution in [0.2, 0.25) is 0 Å². The number of amides is 2. The number of nitrogens with two attached hydrogens (primary N) is 1. The molecule has 0 unspecified atom stereocenters. The number of nitrogens with zero attached hydrogens (tertiary/aromatic N) is 4. The van der Waals surface area contributed by atoms with Crippen molar-refractivity contribution in [2.45, 2.75) is 32.2 Å². The van der Waals surface area contributed by atoms with Gasteiger partial charge in [-0.3, -0.25) is 14.6 Å². The van der Waals surface area contributed by atoms with Crippen LogP contribution < -0.4 is 5.73 Å². The van der Waals surface area contributed by atoms with E-state index in [2.05, 4.69) is 9.97 Å². The lowest BCUT2D eigenvalue weighted by Crippen LogP contribution is -2.54. The third-order valence-electron chi connectivity index (χ3n) is 5.81. The maximum atomic E-state index is 12.9. The van der Waals surface area contributed by atoms with Gasteiger partial charge in [0, 0.05) is 43.9 Å². The standard InChI is InChI=1S/C21H25N5O2/c22-18-6-5-16(12-24-18)20(28)25-11-3-8-21(14-25)9-7-19(27)26(15-21)13-17-4-1-2-10-23-17/h1-2,4-6,10,12H,3,7-9,11,13-15H2,(H2,22,24)/t21-/m1/s1. The Balaban J connectivity index is 1.48. The van der Waals surface area contributed by atoms with Gasteiger partial charge in [0.05, 0.1) is 17.8 Å². The summed E-state index contributed by atoms with van der Waals surface area (Å²) < 4.78 is 0. The van der Waals surface area contributed by atoms with Gasteiger partial charge < -0.3 is 15.5 Å². The zero-order valence-corrected chi connectivity index (χ0v) is 15.9. The maximum Gasteiger partial charge on any atom is 0.255 e. The third kappa shape index (κ3) is 3.83. The van der Waals surface area contributed by atoms with E-state index in [1.807, 2.05) is 28.0 Å². The summed E-state index contributed by atoms with van der Waals surface area (Å²) in [6, 6.07) is 9.14. The quantitative estimate of drug-likeness (QED) is 0.882. The van der Waals surface area contributed by atoms with Crippen molar-refractivity contribution in [2.24, 2.45) is 5.41 Å². The van der Waals surface area contributed by atoms with Crippen LogP contribution in [-0.4, -0.2) is 51.2 Å². The van der Waals surface area contributed by atoms with Crippen LogP contribution in [0, 0.1) is 5.41 Å². The first kappa shape index (κ1) is 18.4. The van der Waals surface area contributed by atoms with Crippen LogP contribution in [0.25, 0.3) is 0 Å². The van der Waals surface area contributed by atoms with Crippen molar-refractivity contribution in [3.8, 4) is 0 Å². The molecule has 2 N–H and O–H groups in total. The van der Waals surface area contributed by atoms with Crippen LogP contribution in [0.1, 0.15) is 41.7 Å². The minimum Gasteiger partial charge on any atom is -0.384 e. The lowest BCUT2D eigenvalue weighted by atomic mass is 9.73. The summed E-state index contributed by atoms with van der Waals surface area (Å²) in [7, 11) is 0. The van der Waals surface area contributed by atoms with E-state index in [-0.39, 0.29) is 17.2 Å². The average Bonchev–Trinajstić information content (AvgIpc) is 2.72. The predicted octanol–water partition coefficient (Wildman–Crippen LogP) is 2.10. The first-order valence-electron chi connectivity index (χ1n) is 9.73. The molecule has 146 valence electrons. The normalized spacial score (nSPS) is 22.5. The smallest absolute Gasteiger partial charge is 0.255 e. The Kier molecular flexibility index (Phi) is 4.98. The highest BCUT2D eigenvalue weighted by Gasteiger charge is 2.42. The Labute approximate surface area is 164 Å². The van der Waals surface area contributed by atoms with Crippen LogP contribution in [-0.2, 0) is 11.3 Å². The molecule has 0 saturated carbocycles. The van der Waals surface area contributed by atoms with E-state index < -0.39 is 0 Å². The van der Waals surface area contributed by atoms with Gasteiger partial charge in [-0.05, 0) is 43.5 Å². The molecule has 4 rings (SSSR count). The van der Waals surface area contributed by atoms with E-state index in [0.29, 0.717) is 37.4 Å². The second-order valence-corrected chi connectivity index (χ2v) is 7.87. The zero-order chi connectivity index (χ0) is 19.6. The second kappa shape index (κ2) is 7.58. The third-order valence-corrected chi connectivity index (χ3v) is 5.81. The molecule has 2 amide bonds. The van der Waals surface area contributed by atoms with Crippen molar-refractivity contribution < 1.29 is 9.59 Å². The summed E-state index contributed by atoms with van der Waals surface area (Å²) >= 11 is 0. The van der Waals surface area contributed by atoms with Crippen LogP contribution in [0.3, 0.4) is 0 Å². The van der Waals surface area contributed by atoms with Crippen LogP contribution >= 0.6 is 0 Å². The van der Waals surface area contributed by atoms with Gasteiger partial charge in [-0.1, -0.05) is 6.07 Å². The van der Waals surface area contributed by atoms with Gasteiger partial charge in [0.2, 0.25) is 5.91 Å². The lowest BCUT2D eigenvalue weighted by molar-refractivity contribution is -0.139. The number of anilines is 1. The first-order chi connectivity index (χ1) is 13.5. The van der Waals surface area contributed by atoms with Gasteiger partial charge in [-0.2, -0.15) is 0 Å². The summed E-state index contributed by atoms with van der Waals surface area (Å²) in [4.78, 5) is 37.6. The Bertz CT molecular complexity index is 855. The van der Waals surface area contributed by atoms with E-state index in [9.17, 15) is 9.59 Å². The second-order valence-electron chi connectivity index (χ2n) is 7.87. The molecule has 0 bridgehead atoms. The fourth-order valence-electron chi connectivity index (χ4n) is 4.36. The Hall–Kier alpha value is -2.96. The molecule has 1 spiro atoms. The number of likely N-dealkylation sites (tertiary alicyclic amines) is 2. The molecule has 2 aromatic heterocycles. The van der Waals surface area contributed by atoms with Gasteiger partial charge in [-0.25, -0.2) is 4.98 Å². The van der Waals surface area contributed by atoms with Crippen molar-refractivity contribution in [1.82, 2.24) is 19.8 Å². The Morgan fingerprint density at radius 1 is 1.14 bits per heavy atom. The molecule has 1 atom stereocenters. The van der Waals surface area contributed by atoms with Crippen molar-refractivity contribution in [1.29, 1.82) is 0 Å². The van der Waals surface area contributed by atoms with Crippen LogP contribution in [0.4, 0.5) is 5.82 Å². The number of carbonyl (C=O) groups excluding carboxylic acids is 2. The Morgan fingerprint density at radius 3 is 2.79 bits per heavy atom. The molecule has 0 aromatic carbocycles. The SMILES string of the molecule is Nc1ccc(C(=O)N2CCC[C@@]3(CCC(=O)N(Cc4ccccn4)C3)C2)cn1. The largest absolute Gasteiger partial charge is 0.384 e. The summed E-state index contributed by atoms with van der Waals surface area (Å²) in [5.74, 6) is 0.560. The number of carbonyl (C=O) groups is 2. The number of aromatic nitrogens is 2. The first-order valence-corrected chi connectivity index (χ1v) is 9.73. The minimum absolute atomic E-state index is 0.0141. The van der Waals surface area contributed by atoms with E-state index >= 15 is 0 Å². The van der Waals surface area contributed by atoms with Gasteiger partial charge >= 0.3 is 0 Å². The molecule has 7 nitrogen and oxygen atoms in total. The highest BCUT2D eigenvalue weighted by molar-refractivity contribution is 5.94. The number of hydrogen-bond donors (Lipinski definition) is 1. The Morgan fingerprint density at radius 2 is 2.04 bits per heavy atom. The van der Waals surface area contributed by atoms with Crippen molar-refractivity contribution in [2.75, 3.05) is 25.4 Å². The molecule has 7 heteroatoms. The molecule has 4 heterocycles. The van der Waals surface area contributed by atoms with Gasteiger partial charge in [-0.15, -0.1) is 0 Å². The molecule has 0 radical (unpaired) electrons.